The summed E-state index contributed by atoms with van der Waals surface area (Å²) < 4.78 is 5.19. The normalized spacial score (nSPS) is 16.4. The van der Waals surface area contributed by atoms with Crippen LogP contribution in [0.5, 0.6) is 0 Å². The summed E-state index contributed by atoms with van der Waals surface area (Å²) in [4.78, 5) is 13.1. The Balaban J connectivity index is 2.06. The van der Waals surface area contributed by atoms with Crippen LogP contribution in [-0.4, -0.2) is 33.7 Å². The van der Waals surface area contributed by atoms with Gasteiger partial charge in [-0.15, -0.1) is 0 Å². The van der Waals surface area contributed by atoms with Gasteiger partial charge in [0, 0.05) is 24.7 Å². The predicted molar refractivity (Wildman–Crippen MR) is 70.9 cm³/mol. The van der Waals surface area contributed by atoms with Crippen LogP contribution < -0.4 is 0 Å². The molecule has 0 unspecified atom stereocenters. The van der Waals surface area contributed by atoms with Crippen molar-refractivity contribution in [3.63, 3.8) is 0 Å². The smallest absolute Gasteiger partial charge is 0.304 e. The van der Waals surface area contributed by atoms with Gasteiger partial charge in [0.25, 0.3) is 0 Å². The van der Waals surface area contributed by atoms with Gasteiger partial charge in [0.2, 0.25) is 0 Å². The lowest BCUT2D eigenvalue weighted by Crippen LogP contribution is -2.34. The zero-order valence-corrected chi connectivity index (χ0v) is 11.7. The summed E-state index contributed by atoms with van der Waals surface area (Å²) in [6.45, 7) is 5.21. The minimum absolute atomic E-state index is 0.194. The summed E-state index contributed by atoms with van der Waals surface area (Å²) in [7, 11) is 0. The van der Waals surface area contributed by atoms with Crippen molar-refractivity contribution in [3.8, 4) is 0 Å². The van der Waals surface area contributed by atoms with Crippen LogP contribution in [0.3, 0.4) is 0 Å². The highest BCUT2D eigenvalue weighted by Gasteiger charge is 2.25. The molecule has 0 spiro atoms. The molecule has 0 saturated heterocycles. The molecule has 0 aliphatic heterocycles. The van der Waals surface area contributed by atoms with Crippen LogP contribution in [0.15, 0.2) is 4.52 Å². The maximum atomic E-state index is 10.8. The SMILES string of the molecule is Cc1noc(C)c1CN(CCC(=O)O)C1CCCC1. The fourth-order valence-electron chi connectivity index (χ4n) is 2.83. The second-order valence-electron chi connectivity index (χ2n) is 5.36. The number of carboxylic acids is 1. The summed E-state index contributed by atoms with van der Waals surface area (Å²) in [6.07, 6.45) is 5.03. The topological polar surface area (TPSA) is 66.6 Å². The van der Waals surface area contributed by atoms with Gasteiger partial charge in [0.05, 0.1) is 12.1 Å². The number of hydrogen-bond donors (Lipinski definition) is 1. The summed E-state index contributed by atoms with van der Waals surface area (Å²) in [5.74, 6) is 0.109. The van der Waals surface area contributed by atoms with Gasteiger partial charge < -0.3 is 9.63 Å². The average molecular weight is 266 g/mol. The van der Waals surface area contributed by atoms with Gasteiger partial charge in [0.15, 0.2) is 0 Å². The second kappa shape index (κ2) is 6.19. The van der Waals surface area contributed by atoms with Crippen molar-refractivity contribution >= 4 is 5.97 Å². The summed E-state index contributed by atoms with van der Waals surface area (Å²) in [6, 6.07) is 0.507. The van der Waals surface area contributed by atoms with Crippen molar-refractivity contribution in [3.05, 3.63) is 17.0 Å². The molecule has 5 nitrogen and oxygen atoms in total. The highest BCUT2D eigenvalue weighted by molar-refractivity contribution is 5.66. The standard InChI is InChI=1S/C14H22N2O3/c1-10-13(11(2)19-15-10)9-16(8-7-14(17)18)12-5-3-4-6-12/h12H,3-9H2,1-2H3,(H,17,18). The predicted octanol–water partition coefficient (Wildman–Crippen LogP) is 2.51. The molecule has 1 fully saturated rings. The molecule has 1 aromatic heterocycles. The van der Waals surface area contributed by atoms with E-state index < -0.39 is 5.97 Å². The number of carboxylic acid groups (broad SMARTS) is 1. The Bertz CT molecular complexity index is 416. The molecule has 1 aliphatic carbocycles. The minimum atomic E-state index is -0.734. The van der Waals surface area contributed by atoms with Gasteiger partial charge in [-0.1, -0.05) is 18.0 Å². The Hall–Kier alpha value is -1.36. The third-order valence-electron chi connectivity index (χ3n) is 4.00. The van der Waals surface area contributed by atoms with E-state index in [9.17, 15) is 4.79 Å². The molecule has 0 bridgehead atoms. The molecule has 1 saturated carbocycles. The fourth-order valence-corrected chi connectivity index (χ4v) is 2.83. The first-order chi connectivity index (χ1) is 9.08. The lowest BCUT2D eigenvalue weighted by Gasteiger charge is -2.28. The van der Waals surface area contributed by atoms with Crippen LogP contribution >= 0.6 is 0 Å². The zero-order chi connectivity index (χ0) is 13.8. The first kappa shape index (κ1) is 14.1. The first-order valence-electron chi connectivity index (χ1n) is 6.95. The summed E-state index contributed by atoms with van der Waals surface area (Å²) in [5.41, 5.74) is 2.02. The summed E-state index contributed by atoms with van der Waals surface area (Å²) in [5, 5.41) is 12.9. The third-order valence-corrected chi connectivity index (χ3v) is 4.00. The maximum Gasteiger partial charge on any atom is 0.304 e. The van der Waals surface area contributed by atoms with E-state index in [1.54, 1.807) is 0 Å². The minimum Gasteiger partial charge on any atom is -0.481 e. The quantitative estimate of drug-likeness (QED) is 0.857. The van der Waals surface area contributed by atoms with Gasteiger partial charge in [-0.2, -0.15) is 0 Å². The number of carbonyl (C=O) groups is 1. The molecule has 19 heavy (non-hydrogen) atoms. The van der Waals surface area contributed by atoms with Crippen molar-refractivity contribution in [2.24, 2.45) is 0 Å². The van der Waals surface area contributed by atoms with Crippen LogP contribution in [0.2, 0.25) is 0 Å². The fraction of sp³-hybridized carbons (Fsp3) is 0.714. The van der Waals surface area contributed by atoms with Crippen molar-refractivity contribution in [2.45, 2.75) is 58.5 Å². The lowest BCUT2D eigenvalue weighted by molar-refractivity contribution is -0.137. The molecular weight excluding hydrogens is 244 g/mol. The Labute approximate surface area is 113 Å². The van der Waals surface area contributed by atoms with Crippen molar-refractivity contribution in [1.29, 1.82) is 0 Å². The van der Waals surface area contributed by atoms with Gasteiger partial charge in [-0.3, -0.25) is 9.69 Å². The highest BCUT2D eigenvalue weighted by atomic mass is 16.5. The maximum absolute atomic E-state index is 10.8. The van der Waals surface area contributed by atoms with E-state index in [1.807, 2.05) is 13.8 Å². The number of hydrogen-bond acceptors (Lipinski definition) is 4. The van der Waals surface area contributed by atoms with E-state index in [0.29, 0.717) is 12.6 Å². The monoisotopic (exact) mass is 266 g/mol. The Morgan fingerprint density at radius 1 is 1.42 bits per heavy atom. The van der Waals surface area contributed by atoms with Crippen molar-refractivity contribution in [2.75, 3.05) is 6.54 Å². The van der Waals surface area contributed by atoms with Crippen molar-refractivity contribution in [1.82, 2.24) is 10.1 Å². The molecule has 1 aromatic rings. The van der Waals surface area contributed by atoms with Crippen LogP contribution in [0.4, 0.5) is 0 Å². The van der Waals surface area contributed by atoms with E-state index in [0.717, 1.165) is 23.6 Å². The zero-order valence-electron chi connectivity index (χ0n) is 11.7. The molecule has 1 N–H and O–H groups in total. The van der Waals surface area contributed by atoms with Crippen LogP contribution in [0.25, 0.3) is 0 Å². The largest absolute Gasteiger partial charge is 0.481 e. The van der Waals surface area contributed by atoms with E-state index in [-0.39, 0.29) is 6.42 Å². The number of aromatic nitrogens is 1. The molecule has 0 amide bonds. The number of nitrogens with zero attached hydrogens (tertiary/aromatic N) is 2. The van der Waals surface area contributed by atoms with Gasteiger partial charge in [0.1, 0.15) is 5.76 Å². The molecule has 0 radical (unpaired) electrons. The molecule has 0 aromatic carbocycles. The lowest BCUT2D eigenvalue weighted by atomic mass is 10.1. The van der Waals surface area contributed by atoms with E-state index in [4.69, 9.17) is 9.63 Å². The number of aryl methyl sites for hydroxylation is 2. The van der Waals surface area contributed by atoms with Crippen LogP contribution in [0.1, 0.15) is 49.1 Å². The van der Waals surface area contributed by atoms with Gasteiger partial charge in [-0.05, 0) is 26.7 Å². The van der Waals surface area contributed by atoms with E-state index in [1.165, 1.54) is 25.7 Å². The van der Waals surface area contributed by atoms with Gasteiger partial charge in [-0.25, -0.2) is 0 Å². The van der Waals surface area contributed by atoms with Crippen LogP contribution in [-0.2, 0) is 11.3 Å². The third kappa shape index (κ3) is 3.56. The molecule has 5 heteroatoms. The van der Waals surface area contributed by atoms with E-state index in [2.05, 4.69) is 10.1 Å². The summed E-state index contributed by atoms with van der Waals surface area (Å²) >= 11 is 0. The number of rotatable bonds is 6. The molecule has 106 valence electrons. The first-order valence-corrected chi connectivity index (χ1v) is 6.95. The molecular formula is C14H22N2O3. The highest BCUT2D eigenvalue weighted by Crippen LogP contribution is 2.26. The van der Waals surface area contributed by atoms with Gasteiger partial charge >= 0.3 is 5.97 Å². The molecule has 1 aliphatic rings. The molecule has 0 atom stereocenters. The Morgan fingerprint density at radius 3 is 2.63 bits per heavy atom. The Kier molecular flexibility index (Phi) is 4.58. The van der Waals surface area contributed by atoms with Crippen molar-refractivity contribution < 1.29 is 14.4 Å². The van der Waals surface area contributed by atoms with Crippen LogP contribution in [0, 0.1) is 13.8 Å². The average Bonchev–Trinajstić information content (AvgIpc) is 2.98. The van der Waals surface area contributed by atoms with E-state index >= 15 is 0 Å². The molecule has 2 rings (SSSR count). The number of aliphatic carboxylic acids is 1. The second-order valence-corrected chi connectivity index (χ2v) is 5.36. The molecule has 1 heterocycles. The Morgan fingerprint density at radius 2 is 2.11 bits per heavy atom.